The van der Waals surface area contributed by atoms with Gasteiger partial charge in [-0.05, 0) is 43.2 Å². The third kappa shape index (κ3) is 5.14. The largest absolute Gasteiger partial charge is 0.411 e. The van der Waals surface area contributed by atoms with Crippen molar-refractivity contribution in [1.82, 2.24) is 0 Å². The maximum absolute atomic E-state index is 10.1. The molecule has 0 radical (unpaired) electrons. The highest BCUT2D eigenvalue weighted by molar-refractivity contribution is 6.74. The fraction of sp³-hybridized carbons (Fsp3) is 1.00. The van der Waals surface area contributed by atoms with Crippen molar-refractivity contribution in [3.63, 3.8) is 0 Å². The topological polar surface area (TPSA) is 47.9 Å². The Kier molecular flexibility index (Phi) is 6.62. The van der Waals surface area contributed by atoms with Crippen molar-refractivity contribution >= 4 is 16.6 Å². The zero-order chi connectivity index (χ0) is 19.1. The van der Waals surface area contributed by atoms with Crippen LogP contribution in [0.2, 0.25) is 36.3 Å². The van der Waals surface area contributed by atoms with E-state index in [1.165, 1.54) is 0 Å². The molecule has 1 N–H and O–H groups in total. The molecule has 0 aliphatic carbocycles. The minimum absolute atomic E-state index is 0.112. The summed E-state index contributed by atoms with van der Waals surface area (Å²) in [6.45, 7) is 24.5. The van der Waals surface area contributed by atoms with Gasteiger partial charge in [-0.15, -0.1) is 0 Å². The molecule has 0 bridgehead atoms. The van der Waals surface area contributed by atoms with Gasteiger partial charge in [0.05, 0.1) is 18.3 Å². The van der Waals surface area contributed by atoms with Crippen molar-refractivity contribution in [2.24, 2.45) is 0 Å². The molecule has 0 aromatic heterocycles. The number of aliphatic hydroxyl groups is 1. The van der Waals surface area contributed by atoms with E-state index in [1.54, 1.807) is 0 Å². The summed E-state index contributed by atoms with van der Waals surface area (Å²) in [5, 5.41) is 10.3. The van der Waals surface area contributed by atoms with Gasteiger partial charge < -0.3 is 18.7 Å². The first-order valence-corrected chi connectivity index (χ1v) is 15.0. The molecule has 0 amide bonds. The lowest BCUT2D eigenvalue weighted by Crippen LogP contribution is -2.58. The van der Waals surface area contributed by atoms with Crippen molar-refractivity contribution in [3.8, 4) is 0 Å². The SMILES string of the molecule is C[C@H]1O[C@H](O)C[C@@H](O[Si](C)(C)C(C)(C)C)[C@H]1O[Si](C)(C)C(C)(C)C. The van der Waals surface area contributed by atoms with E-state index in [4.69, 9.17) is 13.6 Å². The lowest BCUT2D eigenvalue weighted by Gasteiger charge is -2.49. The maximum Gasteiger partial charge on any atom is 0.192 e. The van der Waals surface area contributed by atoms with Crippen molar-refractivity contribution in [2.75, 3.05) is 0 Å². The number of aliphatic hydroxyl groups excluding tert-OH is 1. The van der Waals surface area contributed by atoms with Gasteiger partial charge in [-0.25, -0.2) is 0 Å². The second-order valence-electron chi connectivity index (χ2n) is 10.3. The van der Waals surface area contributed by atoms with Crippen molar-refractivity contribution in [1.29, 1.82) is 0 Å². The molecule has 1 saturated heterocycles. The van der Waals surface area contributed by atoms with E-state index >= 15 is 0 Å². The highest BCUT2D eigenvalue weighted by Crippen LogP contribution is 2.42. The van der Waals surface area contributed by atoms with Gasteiger partial charge in [0.1, 0.15) is 0 Å². The van der Waals surface area contributed by atoms with Gasteiger partial charge in [-0.2, -0.15) is 0 Å². The van der Waals surface area contributed by atoms with E-state index in [0.717, 1.165) is 0 Å². The third-order valence-electron chi connectivity index (χ3n) is 6.12. The summed E-state index contributed by atoms with van der Waals surface area (Å²) in [5.41, 5.74) is 0. The highest BCUT2D eigenvalue weighted by atomic mass is 28.4. The molecule has 1 fully saturated rings. The standard InChI is InChI=1S/C18H40O4Si2/c1-13-16(22-24(10,11)18(5,6)7)14(12-15(19)20-13)21-23(8,9)17(2,3)4/h13-16,19H,12H2,1-11H3/t13-,14-,15+,16+/m1/s1. The van der Waals surface area contributed by atoms with Gasteiger partial charge in [0, 0.05) is 6.42 Å². The van der Waals surface area contributed by atoms with Gasteiger partial charge in [0.15, 0.2) is 22.9 Å². The fourth-order valence-corrected chi connectivity index (χ4v) is 5.09. The normalized spacial score (nSPS) is 30.5. The van der Waals surface area contributed by atoms with Crippen molar-refractivity contribution < 1.29 is 18.7 Å². The smallest absolute Gasteiger partial charge is 0.192 e. The van der Waals surface area contributed by atoms with Crippen LogP contribution in [-0.2, 0) is 13.6 Å². The number of hydrogen-bond donors (Lipinski definition) is 1. The Labute approximate surface area is 151 Å². The summed E-state index contributed by atoms with van der Waals surface area (Å²) in [4.78, 5) is 0. The average Bonchev–Trinajstić information content (AvgIpc) is 2.30. The van der Waals surface area contributed by atoms with E-state index in [2.05, 4.69) is 67.7 Å². The molecule has 1 aliphatic rings. The summed E-state index contributed by atoms with van der Waals surface area (Å²) in [6.07, 6.45) is -0.690. The molecule has 0 aromatic rings. The highest BCUT2D eigenvalue weighted by Gasteiger charge is 2.48. The molecular weight excluding hydrogens is 336 g/mol. The van der Waals surface area contributed by atoms with Crippen LogP contribution in [0, 0.1) is 0 Å². The molecule has 1 rings (SSSR count). The first-order chi connectivity index (χ1) is 10.5. The molecule has 144 valence electrons. The van der Waals surface area contributed by atoms with Crippen LogP contribution in [-0.4, -0.2) is 46.3 Å². The first-order valence-electron chi connectivity index (χ1n) is 9.17. The van der Waals surface area contributed by atoms with Crippen LogP contribution in [0.25, 0.3) is 0 Å². The van der Waals surface area contributed by atoms with Crippen LogP contribution in [0.15, 0.2) is 0 Å². The van der Waals surface area contributed by atoms with Crippen LogP contribution >= 0.6 is 0 Å². The molecular formula is C18H40O4Si2. The Balaban J connectivity index is 3.05. The molecule has 1 heterocycles. The lowest BCUT2D eigenvalue weighted by molar-refractivity contribution is -0.220. The summed E-state index contributed by atoms with van der Waals surface area (Å²) < 4.78 is 19.0. The molecule has 6 heteroatoms. The maximum atomic E-state index is 10.1. The second-order valence-corrected chi connectivity index (χ2v) is 19.8. The molecule has 24 heavy (non-hydrogen) atoms. The quantitative estimate of drug-likeness (QED) is 0.709. The van der Waals surface area contributed by atoms with E-state index in [9.17, 15) is 5.11 Å². The van der Waals surface area contributed by atoms with Crippen molar-refractivity contribution in [3.05, 3.63) is 0 Å². The van der Waals surface area contributed by atoms with Gasteiger partial charge >= 0.3 is 0 Å². The molecule has 0 saturated carbocycles. The predicted molar refractivity (Wildman–Crippen MR) is 105 cm³/mol. The summed E-state index contributed by atoms with van der Waals surface area (Å²) in [6, 6.07) is 0. The third-order valence-corrected chi connectivity index (χ3v) is 15.1. The molecule has 0 unspecified atom stereocenters. The van der Waals surface area contributed by atoms with Crippen LogP contribution in [0.5, 0.6) is 0 Å². The average molecular weight is 377 g/mol. The zero-order valence-corrected chi connectivity index (χ0v) is 19.7. The summed E-state index contributed by atoms with van der Waals surface area (Å²) >= 11 is 0. The minimum Gasteiger partial charge on any atom is -0.411 e. The number of ether oxygens (including phenoxy) is 1. The Morgan fingerprint density at radius 1 is 0.875 bits per heavy atom. The van der Waals surface area contributed by atoms with E-state index in [0.29, 0.717) is 6.42 Å². The van der Waals surface area contributed by atoms with Gasteiger partial charge in [-0.1, -0.05) is 41.5 Å². The van der Waals surface area contributed by atoms with Crippen LogP contribution in [0.1, 0.15) is 54.9 Å². The number of hydrogen-bond acceptors (Lipinski definition) is 4. The Morgan fingerprint density at radius 3 is 1.71 bits per heavy atom. The molecule has 4 atom stereocenters. The summed E-state index contributed by atoms with van der Waals surface area (Å²) in [5.74, 6) is 0. The number of rotatable bonds is 4. The van der Waals surface area contributed by atoms with Gasteiger partial charge in [-0.3, -0.25) is 0 Å². The van der Waals surface area contributed by atoms with Crippen LogP contribution < -0.4 is 0 Å². The van der Waals surface area contributed by atoms with Gasteiger partial charge in [0.25, 0.3) is 0 Å². The molecule has 0 aromatic carbocycles. The van der Waals surface area contributed by atoms with Crippen molar-refractivity contribution in [2.45, 2.75) is 116 Å². The fourth-order valence-electron chi connectivity index (χ4n) is 2.37. The summed E-state index contributed by atoms with van der Waals surface area (Å²) in [7, 11) is -3.89. The van der Waals surface area contributed by atoms with E-state index in [1.807, 2.05) is 6.92 Å². The lowest BCUT2D eigenvalue weighted by atomic mass is 10.0. The zero-order valence-electron chi connectivity index (χ0n) is 17.7. The molecule has 0 spiro atoms. The Bertz CT molecular complexity index is 424. The molecule has 4 nitrogen and oxygen atoms in total. The Hall–Kier alpha value is 0.274. The molecule has 1 aliphatic heterocycles. The van der Waals surface area contributed by atoms with E-state index in [-0.39, 0.29) is 28.4 Å². The second kappa shape index (κ2) is 7.12. The predicted octanol–water partition coefficient (Wildman–Crippen LogP) is 4.89. The minimum atomic E-state index is -1.95. The van der Waals surface area contributed by atoms with Crippen LogP contribution in [0.3, 0.4) is 0 Å². The Morgan fingerprint density at radius 2 is 1.29 bits per heavy atom. The van der Waals surface area contributed by atoms with Gasteiger partial charge in [0.2, 0.25) is 0 Å². The first kappa shape index (κ1) is 22.3. The monoisotopic (exact) mass is 376 g/mol. The van der Waals surface area contributed by atoms with E-state index < -0.39 is 22.9 Å². The van der Waals surface area contributed by atoms with Crippen LogP contribution in [0.4, 0.5) is 0 Å².